The molecule has 1 aromatic carbocycles. The van der Waals surface area contributed by atoms with Gasteiger partial charge in [-0.25, -0.2) is 0 Å². The van der Waals surface area contributed by atoms with E-state index < -0.39 is 6.10 Å². The van der Waals surface area contributed by atoms with Crippen LogP contribution in [0.2, 0.25) is 0 Å². The average Bonchev–Trinajstić information content (AvgIpc) is 2.93. The molecule has 1 amide bonds. The minimum Gasteiger partial charge on any atom is -0.388 e. The van der Waals surface area contributed by atoms with Crippen molar-refractivity contribution in [1.29, 1.82) is 0 Å². The van der Waals surface area contributed by atoms with Crippen LogP contribution in [0.4, 0.5) is 0 Å². The lowest BCUT2D eigenvalue weighted by molar-refractivity contribution is -0.122. The molecule has 2 atom stereocenters. The molecule has 0 radical (unpaired) electrons. The second kappa shape index (κ2) is 6.78. The minimum absolute atomic E-state index is 0.0280. The summed E-state index contributed by atoms with van der Waals surface area (Å²) in [6.07, 6.45) is 0.0210. The van der Waals surface area contributed by atoms with Crippen molar-refractivity contribution in [2.45, 2.75) is 18.6 Å². The molecule has 1 aromatic rings. The van der Waals surface area contributed by atoms with Crippen LogP contribution >= 0.6 is 11.8 Å². The van der Waals surface area contributed by atoms with Gasteiger partial charge in [-0.05, 0) is 12.0 Å². The maximum absolute atomic E-state index is 11.7. The lowest BCUT2D eigenvalue weighted by Crippen LogP contribution is -2.42. The monoisotopic (exact) mass is 266 g/mol. The molecular weight excluding hydrogens is 248 g/mol. The van der Waals surface area contributed by atoms with Crippen molar-refractivity contribution in [3.05, 3.63) is 35.9 Å². The van der Waals surface area contributed by atoms with Crippen LogP contribution in [-0.2, 0) is 4.79 Å². The lowest BCUT2D eigenvalue weighted by atomic mass is 10.1. The lowest BCUT2D eigenvalue weighted by Gasteiger charge is -2.13. The molecule has 1 aliphatic heterocycles. The quantitative estimate of drug-likeness (QED) is 0.741. The van der Waals surface area contributed by atoms with Crippen LogP contribution in [0.5, 0.6) is 0 Å². The Hall–Kier alpha value is -1.04. The van der Waals surface area contributed by atoms with E-state index in [2.05, 4.69) is 10.6 Å². The first-order valence-electron chi connectivity index (χ1n) is 6.09. The number of benzene rings is 1. The van der Waals surface area contributed by atoms with Gasteiger partial charge >= 0.3 is 0 Å². The molecular formula is C13H18N2O2S. The fourth-order valence-electron chi connectivity index (χ4n) is 1.86. The summed E-state index contributed by atoms with van der Waals surface area (Å²) in [6.45, 7) is 0.498. The number of nitrogens with one attached hydrogen (secondary N) is 2. The van der Waals surface area contributed by atoms with Crippen LogP contribution in [0.15, 0.2) is 30.3 Å². The molecule has 1 heterocycles. The molecule has 0 aliphatic carbocycles. The Bertz CT molecular complexity index is 380. The summed E-state index contributed by atoms with van der Waals surface area (Å²) in [4.78, 5) is 11.7. The van der Waals surface area contributed by atoms with E-state index in [0.29, 0.717) is 13.0 Å². The normalized spacial score (nSPS) is 20.6. The van der Waals surface area contributed by atoms with Crippen LogP contribution in [0.3, 0.4) is 0 Å². The number of aliphatic hydroxyl groups excluding tert-OH is 1. The van der Waals surface area contributed by atoms with Crippen LogP contribution in [-0.4, -0.2) is 35.2 Å². The van der Waals surface area contributed by atoms with Crippen molar-refractivity contribution in [1.82, 2.24) is 10.6 Å². The van der Waals surface area contributed by atoms with Gasteiger partial charge in [0.2, 0.25) is 5.91 Å². The van der Waals surface area contributed by atoms with Crippen LogP contribution in [0.1, 0.15) is 18.1 Å². The van der Waals surface area contributed by atoms with Crippen LogP contribution in [0, 0.1) is 0 Å². The Morgan fingerprint density at radius 2 is 2.28 bits per heavy atom. The van der Waals surface area contributed by atoms with Gasteiger partial charge in [-0.3, -0.25) is 10.1 Å². The smallest absolute Gasteiger partial charge is 0.238 e. The molecule has 18 heavy (non-hydrogen) atoms. The highest BCUT2D eigenvalue weighted by Crippen LogP contribution is 2.15. The highest BCUT2D eigenvalue weighted by molar-refractivity contribution is 7.99. The summed E-state index contributed by atoms with van der Waals surface area (Å²) in [5.74, 6) is 1.69. The van der Waals surface area contributed by atoms with E-state index in [1.807, 2.05) is 30.3 Å². The van der Waals surface area contributed by atoms with Gasteiger partial charge in [-0.15, -0.1) is 11.8 Å². The molecule has 1 aliphatic rings. The van der Waals surface area contributed by atoms with Crippen molar-refractivity contribution < 1.29 is 9.90 Å². The van der Waals surface area contributed by atoms with E-state index in [0.717, 1.165) is 17.2 Å². The van der Waals surface area contributed by atoms with Gasteiger partial charge in [0.25, 0.3) is 0 Å². The minimum atomic E-state index is -0.516. The summed E-state index contributed by atoms with van der Waals surface area (Å²) in [6, 6.07) is 9.42. The zero-order chi connectivity index (χ0) is 12.8. The first-order valence-corrected chi connectivity index (χ1v) is 7.24. The molecule has 5 heteroatoms. The summed E-state index contributed by atoms with van der Waals surface area (Å²) < 4.78 is 0. The number of aliphatic hydroxyl groups is 1. The van der Waals surface area contributed by atoms with Crippen molar-refractivity contribution in [3.8, 4) is 0 Å². The molecule has 1 fully saturated rings. The summed E-state index contributed by atoms with van der Waals surface area (Å²) in [5.41, 5.74) is 0.890. The number of amides is 1. The van der Waals surface area contributed by atoms with Crippen LogP contribution in [0.25, 0.3) is 0 Å². The van der Waals surface area contributed by atoms with E-state index in [1.165, 1.54) is 0 Å². The first-order chi connectivity index (χ1) is 8.77. The second-order valence-corrected chi connectivity index (χ2v) is 5.31. The number of hydrogen-bond acceptors (Lipinski definition) is 4. The Morgan fingerprint density at radius 3 is 2.94 bits per heavy atom. The van der Waals surface area contributed by atoms with Crippen molar-refractivity contribution in [3.63, 3.8) is 0 Å². The Kier molecular flexibility index (Phi) is 5.04. The average molecular weight is 266 g/mol. The van der Waals surface area contributed by atoms with Gasteiger partial charge in [-0.1, -0.05) is 30.3 Å². The Labute approximate surface area is 111 Å². The number of carbonyl (C=O) groups excluding carboxylic acids is 1. The fourth-order valence-corrected chi connectivity index (χ4v) is 2.80. The summed E-state index contributed by atoms with van der Waals surface area (Å²) >= 11 is 1.73. The molecule has 0 saturated carbocycles. The maximum Gasteiger partial charge on any atom is 0.238 e. The zero-order valence-corrected chi connectivity index (χ0v) is 11.0. The van der Waals surface area contributed by atoms with Gasteiger partial charge in [0.15, 0.2) is 0 Å². The third-order valence-corrected chi connectivity index (χ3v) is 3.87. The molecule has 0 spiro atoms. The van der Waals surface area contributed by atoms with Gasteiger partial charge in [0.1, 0.15) is 0 Å². The molecule has 2 rings (SSSR count). The van der Waals surface area contributed by atoms with Gasteiger partial charge < -0.3 is 10.4 Å². The Morgan fingerprint density at radius 1 is 1.50 bits per heavy atom. The van der Waals surface area contributed by atoms with E-state index in [9.17, 15) is 9.90 Å². The van der Waals surface area contributed by atoms with Crippen molar-refractivity contribution >= 4 is 17.7 Å². The highest BCUT2D eigenvalue weighted by atomic mass is 32.2. The predicted octanol–water partition coefficient (Wildman–Crippen LogP) is 0.889. The Balaban J connectivity index is 1.70. The summed E-state index contributed by atoms with van der Waals surface area (Å²) in [5, 5.41) is 15.9. The van der Waals surface area contributed by atoms with Gasteiger partial charge in [0, 0.05) is 18.2 Å². The van der Waals surface area contributed by atoms with Gasteiger partial charge in [0.05, 0.1) is 12.1 Å². The molecule has 0 aromatic heterocycles. The fraction of sp³-hybridized carbons (Fsp3) is 0.462. The maximum atomic E-state index is 11.7. The molecule has 1 saturated heterocycles. The topological polar surface area (TPSA) is 61.4 Å². The van der Waals surface area contributed by atoms with Crippen LogP contribution < -0.4 is 10.6 Å². The number of carbonyl (C=O) groups is 1. The largest absolute Gasteiger partial charge is 0.388 e. The van der Waals surface area contributed by atoms with Gasteiger partial charge in [-0.2, -0.15) is 0 Å². The highest BCUT2D eigenvalue weighted by Gasteiger charge is 2.22. The molecule has 1 unspecified atom stereocenters. The van der Waals surface area contributed by atoms with E-state index in [1.54, 1.807) is 11.8 Å². The van der Waals surface area contributed by atoms with E-state index in [4.69, 9.17) is 0 Å². The predicted molar refractivity (Wildman–Crippen MR) is 73.3 cm³/mol. The second-order valence-electron chi connectivity index (χ2n) is 4.28. The first kappa shape index (κ1) is 13.4. The molecule has 4 nitrogen and oxygen atoms in total. The SMILES string of the molecule is O=C(NCCC(O)c1ccccc1)[C@H]1CSCN1. The van der Waals surface area contributed by atoms with E-state index in [-0.39, 0.29) is 11.9 Å². The van der Waals surface area contributed by atoms with Crippen molar-refractivity contribution in [2.24, 2.45) is 0 Å². The zero-order valence-electron chi connectivity index (χ0n) is 10.1. The molecule has 3 N–H and O–H groups in total. The standard InChI is InChI=1S/C13H18N2O2S/c16-12(10-4-2-1-3-5-10)6-7-14-13(17)11-8-18-9-15-11/h1-5,11-12,15-16H,6-9H2,(H,14,17)/t11-,12?/m1/s1. The molecule has 98 valence electrons. The number of rotatable bonds is 5. The third-order valence-electron chi connectivity index (χ3n) is 2.93. The number of thioether (sulfide) groups is 1. The summed E-state index contributed by atoms with van der Waals surface area (Å²) in [7, 11) is 0. The van der Waals surface area contributed by atoms with E-state index >= 15 is 0 Å². The van der Waals surface area contributed by atoms with Crippen molar-refractivity contribution in [2.75, 3.05) is 18.2 Å². The number of hydrogen-bond donors (Lipinski definition) is 3. The molecule has 0 bridgehead atoms. The third kappa shape index (κ3) is 3.73.